The lowest BCUT2D eigenvalue weighted by Crippen LogP contribution is -2.59. The number of aromatic nitrogens is 2. The predicted octanol–water partition coefficient (Wildman–Crippen LogP) is 7.63. The van der Waals surface area contributed by atoms with E-state index in [0.29, 0.717) is 37.0 Å². The van der Waals surface area contributed by atoms with Crippen LogP contribution in [0, 0.1) is 5.92 Å². The van der Waals surface area contributed by atoms with Crippen molar-refractivity contribution in [2.75, 3.05) is 6.54 Å². The minimum atomic E-state index is -4.25. The summed E-state index contributed by atoms with van der Waals surface area (Å²) in [5.74, 6) is -0.364. The van der Waals surface area contributed by atoms with Crippen LogP contribution in [0.3, 0.4) is 0 Å². The lowest BCUT2D eigenvalue weighted by molar-refractivity contribution is -0.0492. The van der Waals surface area contributed by atoms with E-state index in [4.69, 9.17) is 0 Å². The number of amides is 1. The van der Waals surface area contributed by atoms with Crippen LogP contribution < -0.4 is 5.69 Å². The maximum Gasteiger partial charge on any atom is 0.408 e. The molecule has 1 aliphatic rings. The van der Waals surface area contributed by atoms with Gasteiger partial charge in [0.25, 0.3) is 10.0 Å². The van der Waals surface area contributed by atoms with Gasteiger partial charge in [-0.05, 0) is 66.6 Å². The second-order valence-corrected chi connectivity index (χ2v) is 15.2. The minimum absolute atomic E-state index is 0.0230. The molecule has 3 atom stereocenters. The van der Waals surface area contributed by atoms with Gasteiger partial charge in [-0.3, -0.25) is 14.4 Å². The Bertz CT molecular complexity index is 2240. The van der Waals surface area contributed by atoms with Gasteiger partial charge in [0, 0.05) is 31.6 Å². The highest BCUT2D eigenvalue weighted by Gasteiger charge is 2.45. The molecule has 10 heteroatoms. The van der Waals surface area contributed by atoms with Crippen molar-refractivity contribution in [1.82, 2.24) is 18.3 Å². The maximum absolute atomic E-state index is 14.7. The van der Waals surface area contributed by atoms with Crippen molar-refractivity contribution in [3.8, 4) is 0 Å². The van der Waals surface area contributed by atoms with Crippen molar-refractivity contribution < 1.29 is 18.3 Å². The topological polar surface area (TPSA) is 105 Å². The average molecular weight is 715 g/mol. The Balaban J connectivity index is 1.38. The van der Waals surface area contributed by atoms with Crippen LogP contribution in [0.1, 0.15) is 42.0 Å². The molecule has 1 N–H and O–H groups in total. The van der Waals surface area contributed by atoms with E-state index in [2.05, 4.69) is 17.0 Å². The van der Waals surface area contributed by atoms with E-state index in [9.17, 15) is 23.1 Å². The molecule has 1 saturated heterocycles. The number of para-hydroxylation sites is 2. The van der Waals surface area contributed by atoms with Crippen LogP contribution in [0.2, 0.25) is 0 Å². The summed E-state index contributed by atoms with van der Waals surface area (Å²) in [5, 5.41) is 10.8. The monoisotopic (exact) mass is 714 g/mol. The Morgan fingerprint density at radius 3 is 1.75 bits per heavy atom. The fourth-order valence-electron chi connectivity index (χ4n) is 7.85. The number of hydrogen-bond acceptors (Lipinski definition) is 5. The summed E-state index contributed by atoms with van der Waals surface area (Å²) in [6, 6.07) is 44.7. The van der Waals surface area contributed by atoms with Crippen LogP contribution in [0.25, 0.3) is 11.0 Å². The summed E-state index contributed by atoms with van der Waals surface area (Å²) >= 11 is 0. The number of likely N-dealkylation sites (tertiary alicyclic amines) is 1. The molecule has 7 rings (SSSR count). The van der Waals surface area contributed by atoms with Crippen molar-refractivity contribution in [1.29, 1.82) is 0 Å². The molecule has 1 aliphatic heterocycles. The van der Waals surface area contributed by atoms with Crippen molar-refractivity contribution in [3.05, 3.63) is 173 Å². The molecule has 0 aliphatic carbocycles. The number of piperidine rings is 1. The van der Waals surface area contributed by atoms with Crippen LogP contribution in [0.5, 0.6) is 0 Å². The highest BCUT2D eigenvalue weighted by atomic mass is 32.2. The molecule has 0 radical (unpaired) electrons. The Morgan fingerprint density at radius 1 is 0.692 bits per heavy atom. The number of nitrogens with zero attached hydrogens (tertiary/aromatic N) is 4. The number of carboxylic acid groups (broad SMARTS) is 1. The van der Waals surface area contributed by atoms with Gasteiger partial charge in [-0.25, -0.2) is 18.0 Å². The Hall–Kier alpha value is -5.45. The second kappa shape index (κ2) is 15.4. The first-order valence-electron chi connectivity index (χ1n) is 17.7. The van der Waals surface area contributed by atoms with Crippen LogP contribution in [0.4, 0.5) is 4.79 Å². The molecule has 2 heterocycles. The third kappa shape index (κ3) is 7.17. The molecule has 52 heavy (non-hydrogen) atoms. The predicted molar refractivity (Wildman–Crippen MR) is 202 cm³/mol. The van der Waals surface area contributed by atoms with E-state index in [-0.39, 0.29) is 17.4 Å². The number of carbonyl (C=O) groups is 1. The number of imidazole rings is 1. The molecule has 1 aromatic heterocycles. The third-order valence-corrected chi connectivity index (χ3v) is 11.8. The molecule has 5 aromatic carbocycles. The fraction of sp³-hybridized carbons (Fsp3) is 0.238. The molecule has 266 valence electrons. The normalized spacial score (nSPS) is 17.8. The largest absolute Gasteiger partial charge is 0.465 e. The lowest BCUT2D eigenvalue weighted by atomic mass is 9.83. The summed E-state index contributed by atoms with van der Waals surface area (Å²) in [7, 11) is -4.25. The van der Waals surface area contributed by atoms with Crippen molar-refractivity contribution in [2.24, 2.45) is 5.92 Å². The van der Waals surface area contributed by atoms with Crippen molar-refractivity contribution >= 4 is 27.1 Å². The number of fused-ring (bicyclic) bond motifs is 1. The van der Waals surface area contributed by atoms with Gasteiger partial charge in [-0.2, -0.15) is 3.97 Å². The highest BCUT2D eigenvalue weighted by molar-refractivity contribution is 7.90. The number of aryl methyl sites for hydroxylation is 1. The average Bonchev–Trinajstić information content (AvgIpc) is 3.48. The zero-order chi connectivity index (χ0) is 36.1. The lowest BCUT2D eigenvalue weighted by Gasteiger charge is -2.49. The van der Waals surface area contributed by atoms with Gasteiger partial charge in [-0.1, -0.05) is 121 Å². The van der Waals surface area contributed by atoms with Gasteiger partial charge in [0.1, 0.15) is 0 Å². The summed E-state index contributed by atoms with van der Waals surface area (Å²) in [6.07, 6.45) is 0.834. The summed E-state index contributed by atoms with van der Waals surface area (Å²) in [4.78, 5) is 31.7. The zero-order valence-electron chi connectivity index (χ0n) is 28.8. The molecule has 9 nitrogen and oxygen atoms in total. The van der Waals surface area contributed by atoms with Gasteiger partial charge in [0.05, 0.1) is 22.1 Å². The van der Waals surface area contributed by atoms with Crippen molar-refractivity contribution in [2.45, 2.75) is 55.9 Å². The van der Waals surface area contributed by atoms with Gasteiger partial charge >= 0.3 is 11.8 Å². The second-order valence-electron chi connectivity index (χ2n) is 13.4. The fourth-order valence-corrected chi connectivity index (χ4v) is 9.26. The highest BCUT2D eigenvalue weighted by Crippen LogP contribution is 2.40. The van der Waals surface area contributed by atoms with E-state index in [1.165, 1.54) is 22.6 Å². The first kappa shape index (κ1) is 35.0. The van der Waals surface area contributed by atoms with E-state index >= 15 is 0 Å². The van der Waals surface area contributed by atoms with Gasteiger partial charge < -0.3 is 5.11 Å². The number of rotatable bonds is 12. The summed E-state index contributed by atoms with van der Waals surface area (Å²) in [5.41, 5.74) is 3.40. The molecule has 0 saturated carbocycles. The quantitative estimate of drug-likeness (QED) is 0.140. The zero-order valence-corrected chi connectivity index (χ0v) is 29.6. The van der Waals surface area contributed by atoms with E-state index in [1.54, 1.807) is 41.0 Å². The number of benzene rings is 5. The maximum atomic E-state index is 14.7. The first-order chi connectivity index (χ1) is 25.3. The molecule has 0 bridgehead atoms. The smallest absolute Gasteiger partial charge is 0.408 e. The van der Waals surface area contributed by atoms with Crippen LogP contribution >= 0.6 is 0 Å². The van der Waals surface area contributed by atoms with Crippen LogP contribution in [0.15, 0.2) is 155 Å². The Labute approximate surface area is 304 Å². The Kier molecular flexibility index (Phi) is 10.4. The van der Waals surface area contributed by atoms with Gasteiger partial charge in [0.15, 0.2) is 0 Å². The van der Waals surface area contributed by atoms with E-state index in [0.717, 1.165) is 27.9 Å². The van der Waals surface area contributed by atoms with Gasteiger partial charge in [0.2, 0.25) is 0 Å². The van der Waals surface area contributed by atoms with Crippen LogP contribution in [-0.2, 0) is 29.5 Å². The summed E-state index contributed by atoms with van der Waals surface area (Å²) in [6.45, 7) is 1.13. The van der Waals surface area contributed by atoms with Gasteiger partial charge in [-0.15, -0.1) is 0 Å². The molecule has 6 aromatic rings. The van der Waals surface area contributed by atoms with E-state index < -0.39 is 34.0 Å². The van der Waals surface area contributed by atoms with Crippen LogP contribution in [-0.4, -0.2) is 50.7 Å². The molecule has 1 amide bonds. The Morgan fingerprint density at radius 2 is 1.19 bits per heavy atom. The minimum Gasteiger partial charge on any atom is -0.465 e. The molecular weight excluding hydrogens is 673 g/mol. The standard InChI is InChI=1S/C42H42N4O5S/c47-41-45(38-26-13-14-27-39(38)46(41)52(50,51)35-23-11-4-12-24-35)37-28-29-44(42(48)49)40(36(37)25-15-22-32-16-5-1-6-17-32)43(30-33-18-7-2-8-19-33)31-34-20-9-3-10-21-34/h1-14,16-21,23-24,26-27,36-37,40H,15,22,25,28-31H2,(H,48,49)/t36?,37?,40-/m0/s1. The first-order valence-corrected chi connectivity index (χ1v) is 19.1. The van der Waals surface area contributed by atoms with E-state index in [1.807, 2.05) is 84.9 Å². The molecule has 2 unspecified atom stereocenters. The van der Waals surface area contributed by atoms with Crippen molar-refractivity contribution in [3.63, 3.8) is 0 Å². The molecular formula is C42H42N4O5S. The summed E-state index contributed by atoms with van der Waals surface area (Å²) < 4.78 is 30.9. The molecule has 1 fully saturated rings. The SMILES string of the molecule is O=C(O)N1CCC(n2c(=O)n(S(=O)(=O)c3ccccc3)c3ccccc32)C(CCCc2ccccc2)[C@H]1N(Cc1ccccc1)Cc1ccccc1. The molecule has 0 spiro atoms. The third-order valence-electron chi connectivity index (χ3n) is 10.1. The number of hydrogen-bond donors (Lipinski definition) is 1.